The van der Waals surface area contributed by atoms with E-state index in [1.807, 2.05) is 0 Å². The predicted octanol–water partition coefficient (Wildman–Crippen LogP) is 3.50. The molecule has 0 radical (unpaired) electrons. The second-order valence-corrected chi connectivity index (χ2v) is 6.23. The standard InChI is InChI=1S/C18H17F5N4O3/c1-10(26-16(29)12-5-6-24-14(7-12)27-11(2)28)13-3-4-15(25-8-13)30-9-17(19,20)18(21,22)23/h3-8,10H,9H2,1-2H3,(H,26,29)(H,24,27,28). The van der Waals surface area contributed by atoms with Gasteiger partial charge in [0.1, 0.15) is 5.82 Å². The Morgan fingerprint density at radius 3 is 2.40 bits per heavy atom. The number of hydrogen-bond donors (Lipinski definition) is 2. The van der Waals surface area contributed by atoms with Gasteiger partial charge in [-0.15, -0.1) is 0 Å². The maximum Gasteiger partial charge on any atom is 0.456 e. The van der Waals surface area contributed by atoms with Gasteiger partial charge in [-0.05, 0) is 24.6 Å². The van der Waals surface area contributed by atoms with Gasteiger partial charge in [-0.3, -0.25) is 9.59 Å². The molecule has 1 atom stereocenters. The first-order valence-electron chi connectivity index (χ1n) is 8.47. The molecule has 0 bridgehead atoms. The molecular formula is C18H17F5N4O3. The third-order valence-corrected chi connectivity index (χ3v) is 3.75. The number of rotatable bonds is 7. The molecule has 0 saturated heterocycles. The molecule has 0 saturated carbocycles. The molecular weight excluding hydrogens is 415 g/mol. The Hall–Kier alpha value is -3.31. The Morgan fingerprint density at radius 2 is 1.83 bits per heavy atom. The number of halogens is 5. The number of aromatic nitrogens is 2. The zero-order valence-corrected chi connectivity index (χ0v) is 15.8. The van der Waals surface area contributed by atoms with E-state index in [1.54, 1.807) is 6.92 Å². The van der Waals surface area contributed by atoms with Crippen molar-refractivity contribution >= 4 is 17.6 Å². The summed E-state index contributed by atoms with van der Waals surface area (Å²) in [6.45, 7) is 1.01. The number of carbonyl (C=O) groups excluding carboxylic acids is 2. The molecule has 1 unspecified atom stereocenters. The number of nitrogens with zero attached hydrogens (tertiary/aromatic N) is 2. The van der Waals surface area contributed by atoms with Crippen LogP contribution in [0.25, 0.3) is 0 Å². The van der Waals surface area contributed by atoms with Gasteiger partial charge in [0, 0.05) is 30.9 Å². The molecule has 162 valence electrons. The highest BCUT2D eigenvalue weighted by Gasteiger charge is 2.58. The number of pyridine rings is 2. The van der Waals surface area contributed by atoms with Crippen molar-refractivity contribution in [3.05, 3.63) is 47.8 Å². The fraction of sp³-hybridized carbons (Fsp3) is 0.333. The average Bonchev–Trinajstić information content (AvgIpc) is 2.65. The van der Waals surface area contributed by atoms with Crippen molar-refractivity contribution in [1.29, 1.82) is 0 Å². The van der Waals surface area contributed by atoms with Gasteiger partial charge in [0.2, 0.25) is 11.8 Å². The molecule has 2 aromatic rings. The van der Waals surface area contributed by atoms with E-state index in [0.717, 1.165) is 6.07 Å². The van der Waals surface area contributed by atoms with Crippen molar-refractivity contribution < 1.29 is 36.3 Å². The highest BCUT2D eigenvalue weighted by Crippen LogP contribution is 2.35. The van der Waals surface area contributed by atoms with Crippen LogP contribution < -0.4 is 15.4 Å². The van der Waals surface area contributed by atoms with Crippen LogP contribution in [0.2, 0.25) is 0 Å². The zero-order valence-electron chi connectivity index (χ0n) is 15.8. The summed E-state index contributed by atoms with van der Waals surface area (Å²) in [6, 6.07) is 4.72. The first kappa shape index (κ1) is 23.0. The molecule has 2 rings (SSSR count). The van der Waals surface area contributed by atoms with Crippen LogP contribution in [0.3, 0.4) is 0 Å². The second kappa shape index (κ2) is 9.01. The fourth-order valence-electron chi connectivity index (χ4n) is 2.16. The van der Waals surface area contributed by atoms with E-state index in [2.05, 4.69) is 25.3 Å². The zero-order chi connectivity index (χ0) is 22.5. The van der Waals surface area contributed by atoms with Gasteiger partial charge in [-0.2, -0.15) is 22.0 Å². The van der Waals surface area contributed by atoms with Gasteiger partial charge in [-0.1, -0.05) is 6.07 Å². The molecule has 12 heteroatoms. The van der Waals surface area contributed by atoms with E-state index in [4.69, 9.17) is 0 Å². The number of hydrogen-bond acceptors (Lipinski definition) is 5. The van der Waals surface area contributed by atoms with E-state index in [-0.39, 0.29) is 17.3 Å². The van der Waals surface area contributed by atoms with Gasteiger partial charge >= 0.3 is 12.1 Å². The lowest BCUT2D eigenvalue weighted by atomic mass is 10.1. The van der Waals surface area contributed by atoms with E-state index < -0.39 is 36.5 Å². The van der Waals surface area contributed by atoms with Crippen LogP contribution in [0.15, 0.2) is 36.7 Å². The molecule has 0 aromatic carbocycles. The monoisotopic (exact) mass is 432 g/mol. The Kier molecular flexibility index (Phi) is 6.90. The minimum atomic E-state index is -5.72. The van der Waals surface area contributed by atoms with Crippen molar-refractivity contribution in [3.63, 3.8) is 0 Å². The van der Waals surface area contributed by atoms with Crippen LogP contribution in [0.4, 0.5) is 27.8 Å². The molecule has 0 spiro atoms. The summed E-state index contributed by atoms with van der Waals surface area (Å²) in [5, 5.41) is 5.10. The van der Waals surface area contributed by atoms with Crippen molar-refractivity contribution in [2.75, 3.05) is 11.9 Å². The highest BCUT2D eigenvalue weighted by atomic mass is 19.4. The van der Waals surface area contributed by atoms with Crippen LogP contribution in [0, 0.1) is 0 Å². The van der Waals surface area contributed by atoms with E-state index in [1.165, 1.54) is 37.5 Å². The summed E-state index contributed by atoms with van der Waals surface area (Å²) < 4.78 is 66.6. The second-order valence-electron chi connectivity index (χ2n) is 6.23. The normalized spacial score (nSPS) is 12.8. The van der Waals surface area contributed by atoms with Crippen molar-refractivity contribution in [2.24, 2.45) is 0 Å². The Morgan fingerprint density at radius 1 is 1.13 bits per heavy atom. The summed E-state index contributed by atoms with van der Waals surface area (Å²) in [6.07, 6.45) is -3.20. The predicted molar refractivity (Wildman–Crippen MR) is 95.2 cm³/mol. The fourth-order valence-corrected chi connectivity index (χ4v) is 2.16. The van der Waals surface area contributed by atoms with Crippen LogP contribution in [0.5, 0.6) is 5.88 Å². The lowest BCUT2D eigenvalue weighted by molar-refractivity contribution is -0.290. The Bertz CT molecular complexity index is 903. The maximum absolute atomic E-state index is 12.9. The van der Waals surface area contributed by atoms with Gasteiger partial charge in [0.15, 0.2) is 6.61 Å². The number of amides is 2. The van der Waals surface area contributed by atoms with Crippen LogP contribution in [-0.2, 0) is 4.79 Å². The van der Waals surface area contributed by atoms with E-state index in [0.29, 0.717) is 5.56 Å². The maximum atomic E-state index is 12.9. The summed E-state index contributed by atoms with van der Waals surface area (Å²) in [4.78, 5) is 31.0. The Labute approximate surface area is 167 Å². The third kappa shape index (κ3) is 6.09. The number of carbonyl (C=O) groups is 2. The number of nitrogens with one attached hydrogen (secondary N) is 2. The van der Waals surface area contributed by atoms with Gasteiger partial charge in [0.25, 0.3) is 5.91 Å². The molecule has 2 aromatic heterocycles. The number of alkyl halides is 5. The van der Waals surface area contributed by atoms with Gasteiger partial charge in [0.05, 0.1) is 6.04 Å². The largest absolute Gasteiger partial charge is 0.471 e. The molecule has 0 aliphatic heterocycles. The first-order chi connectivity index (χ1) is 13.9. The molecule has 2 heterocycles. The topological polar surface area (TPSA) is 93.2 Å². The smallest absolute Gasteiger partial charge is 0.456 e. The number of anilines is 1. The minimum absolute atomic E-state index is 0.196. The highest BCUT2D eigenvalue weighted by molar-refractivity contribution is 5.96. The summed E-state index contributed by atoms with van der Waals surface area (Å²) in [5.74, 6) is -6.07. The summed E-state index contributed by atoms with van der Waals surface area (Å²) in [7, 11) is 0. The van der Waals surface area contributed by atoms with Crippen LogP contribution in [0.1, 0.15) is 35.8 Å². The third-order valence-electron chi connectivity index (χ3n) is 3.75. The molecule has 30 heavy (non-hydrogen) atoms. The molecule has 0 aliphatic carbocycles. The molecule has 7 nitrogen and oxygen atoms in total. The number of ether oxygens (including phenoxy) is 1. The lowest BCUT2D eigenvalue weighted by Gasteiger charge is -2.19. The van der Waals surface area contributed by atoms with Crippen molar-refractivity contribution in [3.8, 4) is 5.88 Å². The molecule has 2 N–H and O–H groups in total. The molecule has 2 amide bonds. The average molecular weight is 432 g/mol. The van der Waals surface area contributed by atoms with Crippen molar-refractivity contribution in [2.45, 2.75) is 32.0 Å². The lowest BCUT2D eigenvalue weighted by Crippen LogP contribution is -2.41. The first-order valence-corrected chi connectivity index (χ1v) is 8.47. The SMILES string of the molecule is CC(=O)Nc1cc(C(=O)NC(C)c2ccc(OCC(F)(F)C(F)(F)F)nc2)ccn1. The van der Waals surface area contributed by atoms with E-state index in [9.17, 15) is 31.5 Å². The summed E-state index contributed by atoms with van der Waals surface area (Å²) in [5.41, 5.74) is 0.678. The van der Waals surface area contributed by atoms with Crippen molar-refractivity contribution in [1.82, 2.24) is 15.3 Å². The van der Waals surface area contributed by atoms with Gasteiger partial charge in [-0.25, -0.2) is 9.97 Å². The quantitative estimate of drug-likeness (QED) is 0.654. The van der Waals surface area contributed by atoms with Crippen LogP contribution in [-0.4, -0.2) is 40.5 Å². The Balaban J connectivity index is 1.98. The van der Waals surface area contributed by atoms with Gasteiger partial charge < -0.3 is 15.4 Å². The summed E-state index contributed by atoms with van der Waals surface area (Å²) >= 11 is 0. The van der Waals surface area contributed by atoms with Crippen LogP contribution >= 0.6 is 0 Å². The minimum Gasteiger partial charge on any atom is -0.471 e. The molecule has 0 aliphatic rings. The molecule has 0 fully saturated rings. The van der Waals surface area contributed by atoms with E-state index >= 15 is 0 Å².